The highest BCUT2D eigenvalue weighted by molar-refractivity contribution is 9.11. The normalized spacial score (nSPS) is 34.9. The van der Waals surface area contributed by atoms with Crippen molar-refractivity contribution in [1.29, 1.82) is 0 Å². The summed E-state index contributed by atoms with van der Waals surface area (Å²) >= 11 is 3.54. The molecule has 1 aromatic rings. The van der Waals surface area contributed by atoms with Crippen LogP contribution in [0.4, 0.5) is 0 Å². The second-order valence-corrected chi connectivity index (χ2v) is 12.2. The number of halogens is 1. The molecule has 11 heteroatoms. The van der Waals surface area contributed by atoms with Crippen molar-refractivity contribution >= 4 is 39.6 Å². The maximum atomic E-state index is 14.2. The Labute approximate surface area is 247 Å². The van der Waals surface area contributed by atoms with E-state index in [9.17, 15) is 24.3 Å². The number of carbonyl (C=O) groups is 4. The Morgan fingerprint density at radius 3 is 2.51 bits per heavy atom. The van der Waals surface area contributed by atoms with Crippen LogP contribution in [0.3, 0.4) is 0 Å². The number of esters is 1. The molecule has 0 aliphatic carbocycles. The monoisotopic (exact) mass is 629 g/mol. The molecule has 220 valence electrons. The molecule has 41 heavy (non-hydrogen) atoms. The number of allylic oxidation sites excluding steroid dienone is 1. The van der Waals surface area contributed by atoms with E-state index in [4.69, 9.17) is 9.47 Å². The van der Waals surface area contributed by atoms with Gasteiger partial charge in [-0.2, -0.15) is 0 Å². The molecule has 2 saturated heterocycles. The van der Waals surface area contributed by atoms with Crippen molar-refractivity contribution in [3.63, 3.8) is 0 Å². The average Bonchev–Trinajstić information content (AvgIpc) is 3.52. The Morgan fingerprint density at radius 2 is 1.83 bits per heavy atom. The first-order valence-electron chi connectivity index (χ1n) is 14.1. The average molecular weight is 631 g/mol. The summed E-state index contributed by atoms with van der Waals surface area (Å²) in [6.07, 6.45) is 4.50. The Balaban J connectivity index is 1.60. The van der Waals surface area contributed by atoms with Crippen LogP contribution in [0.1, 0.15) is 45.3 Å². The smallest absolute Gasteiger partial charge is 0.313 e. The number of amides is 3. The molecule has 4 aliphatic heterocycles. The highest BCUT2D eigenvalue weighted by Crippen LogP contribution is 2.59. The van der Waals surface area contributed by atoms with Gasteiger partial charge in [0.15, 0.2) is 0 Å². The zero-order valence-electron chi connectivity index (χ0n) is 23.4. The summed E-state index contributed by atoms with van der Waals surface area (Å²) in [5.41, 5.74) is -0.705. The summed E-state index contributed by atoms with van der Waals surface area (Å²) in [5, 5.41) is 12.8. The first kappa shape index (κ1) is 29.5. The molecule has 0 unspecified atom stereocenters. The first-order chi connectivity index (χ1) is 19.6. The van der Waals surface area contributed by atoms with Gasteiger partial charge in [0.25, 0.3) is 0 Å². The van der Waals surface area contributed by atoms with Crippen molar-refractivity contribution in [2.24, 2.45) is 11.8 Å². The van der Waals surface area contributed by atoms with Crippen molar-refractivity contribution < 1.29 is 33.8 Å². The van der Waals surface area contributed by atoms with Gasteiger partial charge in [-0.3, -0.25) is 19.2 Å². The second-order valence-electron chi connectivity index (χ2n) is 11.3. The Kier molecular flexibility index (Phi) is 8.41. The van der Waals surface area contributed by atoms with Crippen LogP contribution >= 0.6 is 15.9 Å². The highest BCUT2D eigenvalue weighted by atomic mass is 79.9. The summed E-state index contributed by atoms with van der Waals surface area (Å²) in [6.45, 7) is 5.38. The number of nitrogens with one attached hydrogen (secondary N) is 1. The van der Waals surface area contributed by atoms with E-state index in [1.54, 1.807) is 17.9 Å². The summed E-state index contributed by atoms with van der Waals surface area (Å²) in [7, 11) is 0. The molecule has 0 aromatic heterocycles. The molecule has 0 saturated carbocycles. The molecule has 1 spiro atoms. The number of β-amino-alcohol motifs (C(OH)–C–C–N with tert-alkyl or cyclic N) is 1. The van der Waals surface area contributed by atoms with Crippen LogP contribution in [0.25, 0.3) is 0 Å². The van der Waals surface area contributed by atoms with Crippen molar-refractivity contribution in [2.45, 2.75) is 69.5 Å². The molecule has 1 aromatic carbocycles. The Morgan fingerprint density at radius 1 is 1.10 bits per heavy atom. The minimum atomic E-state index is -1.40. The van der Waals surface area contributed by atoms with Crippen LogP contribution in [0.15, 0.2) is 53.0 Å². The number of ether oxygens (including phenoxy) is 2. The molecule has 7 atom stereocenters. The number of nitrogens with zero attached hydrogens (tertiary/aromatic N) is 2. The zero-order chi connectivity index (χ0) is 29.5. The minimum Gasteiger partial charge on any atom is -0.455 e. The summed E-state index contributed by atoms with van der Waals surface area (Å²) in [6, 6.07) is 7.29. The fourth-order valence-electron chi connectivity index (χ4n) is 6.55. The standard InChI is InChI=1S/C30H36BrN3O7/c1-17(2)33-13-9-5-8-12-21(36)32-18(3)24(19-10-6-4-7-11-19)40-29(39)22-23-27(37)34(14-15-35)26(28(33)38)30(23)16-20(31)25(22)41-30/h4-7,9-11,16-18,22-26,35H,8,12-15H2,1-3H3,(H,32,36)/b9-5-/t18-,22+,23-,24+,25+,26+,30-/m1/s1. The Bertz CT molecular complexity index is 1270. The van der Waals surface area contributed by atoms with E-state index in [0.29, 0.717) is 16.5 Å². The van der Waals surface area contributed by atoms with Crippen molar-refractivity contribution in [3.8, 4) is 0 Å². The Hall–Kier alpha value is -3.02. The number of cyclic esters (lactones) is 1. The van der Waals surface area contributed by atoms with Crippen LogP contribution in [0, 0.1) is 11.8 Å². The van der Waals surface area contributed by atoms with Gasteiger partial charge < -0.3 is 29.7 Å². The molecule has 0 radical (unpaired) electrons. The molecule has 2 fully saturated rings. The van der Waals surface area contributed by atoms with E-state index < -0.39 is 53.6 Å². The lowest BCUT2D eigenvalue weighted by molar-refractivity contribution is -0.161. The van der Waals surface area contributed by atoms with Crippen LogP contribution in [0.2, 0.25) is 0 Å². The van der Waals surface area contributed by atoms with E-state index in [0.717, 1.165) is 0 Å². The number of rotatable bonds is 4. The zero-order valence-corrected chi connectivity index (χ0v) is 25.0. The van der Waals surface area contributed by atoms with Crippen LogP contribution in [-0.2, 0) is 28.7 Å². The number of likely N-dealkylation sites (tertiary alicyclic amines) is 1. The summed E-state index contributed by atoms with van der Waals surface area (Å²) < 4.78 is 13.1. The van der Waals surface area contributed by atoms with E-state index in [1.165, 1.54) is 4.90 Å². The van der Waals surface area contributed by atoms with Gasteiger partial charge in [-0.25, -0.2) is 0 Å². The number of aliphatic hydroxyl groups is 1. The second kappa shape index (κ2) is 11.7. The molecule has 2 N–H and O–H groups in total. The lowest BCUT2D eigenvalue weighted by Crippen LogP contribution is -2.57. The number of aliphatic hydroxyl groups excluding tert-OH is 1. The highest BCUT2D eigenvalue weighted by Gasteiger charge is 2.75. The van der Waals surface area contributed by atoms with Gasteiger partial charge in [0.2, 0.25) is 17.7 Å². The topological polar surface area (TPSA) is 125 Å². The van der Waals surface area contributed by atoms with E-state index in [-0.39, 0.29) is 44.0 Å². The third-order valence-electron chi connectivity index (χ3n) is 8.40. The lowest BCUT2D eigenvalue weighted by atomic mass is 9.74. The maximum absolute atomic E-state index is 14.2. The van der Waals surface area contributed by atoms with Gasteiger partial charge in [-0.15, -0.1) is 0 Å². The van der Waals surface area contributed by atoms with E-state index in [2.05, 4.69) is 21.2 Å². The third-order valence-corrected chi connectivity index (χ3v) is 9.08. The summed E-state index contributed by atoms with van der Waals surface area (Å²) in [4.78, 5) is 58.0. The van der Waals surface area contributed by atoms with Gasteiger partial charge in [0.1, 0.15) is 29.8 Å². The number of carbonyl (C=O) groups excluding carboxylic acids is 4. The molecule has 4 aliphatic rings. The molecular weight excluding hydrogens is 594 g/mol. The number of fused-ring (bicyclic) bond motifs is 2. The van der Waals surface area contributed by atoms with Crippen molar-refractivity contribution in [1.82, 2.24) is 15.1 Å². The molecule has 10 nitrogen and oxygen atoms in total. The van der Waals surface area contributed by atoms with Gasteiger partial charge in [0, 0.05) is 30.0 Å². The lowest BCUT2D eigenvalue weighted by Gasteiger charge is -2.37. The van der Waals surface area contributed by atoms with Gasteiger partial charge >= 0.3 is 5.97 Å². The van der Waals surface area contributed by atoms with Crippen LogP contribution in [0.5, 0.6) is 0 Å². The summed E-state index contributed by atoms with van der Waals surface area (Å²) in [5.74, 6) is -3.66. The maximum Gasteiger partial charge on any atom is 0.313 e. The quantitative estimate of drug-likeness (QED) is 0.386. The van der Waals surface area contributed by atoms with Crippen LogP contribution < -0.4 is 5.32 Å². The fourth-order valence-corrected chi connectivity index (χ4v) is 7.29. The fraction of sp³-hybridized carbons (Fsp3) is 0.533. The predicted molar refractivity (Wildman–Crippen MR) is 152 cm³/mol. The predicted octanol–water partition coefficient (Wildman–Crippen LogP) is 2.23. The van der Waals surface area contributed by atoms with Gasteiger partial charge in [-0.1, -0.05) is 58.4 Å². The molecule has 4 heterocycles. The van der Waals surface area contributed by atoms with E-state index >= 15 is 0 Å². The molecule has 5 bridgehead atoms. The SMILES string of the molecule is CC(C)N1C/C=C\CCC(=O)N[C@H](C)[C@@H](c2ccccc2)OC(=O)[C@@H]2[C@H]3O[C@@]4(C=C3Br)[C@H](C1=O)N(CCO)C(=O)[C@@H]24. The van der Waals surface area contributed by atoms with Crippen molar-refractivity contribution in [3.05, 3.63) is 58.6 Å². The van der Waals surface area contributed by atoms with E-state index in [1.807, 2.05) is 56.3 Å². The number of benzene rings is 1. The minimum absolute atomic E-state index is 0.0772. The largest absolute Gasteiger partial charge is 0.455 e. The van der Waals surface area contributed by atoms with Gasteiger partial charge in [-0.05, 0) is 38.8 Å². The van der Waals surface area contributed by atoms with Crippen molar-refractivity contribution in [2.75, 3.05) is 19.7 Å². The first-order valence-corrected chi connectivity index (χ1v) is 14.9. The number of hydrogen-bond acceptors (Lipinski definition) is 7. The molecular formula is C30H36BrN3O7. The molecule has 5 rings (SSSR count). The van der Waals surface area contributed by atoms with Crippen LogP contribution in [-0.4, -0.2) is 88.1 Å². The molecule has 3 amide bonds. The van der Waals surface area contributed by atoms with Gasteiger partial charge in [0.05, 0.1) is 18.6 Å². The number of hydrogen-bond donors (Lipinski definition) is 2. The third kappa shape index (κ3) is 5.12.